The van der Waals surface area contributed by atoms with Gasteiger partial charge in [0, 0.05) is 16.5 Å². The summed E-state index contributed by atoms with van der Waals surface area (Å²) < 4.78 is 5.67. The average molecular weight is 259 g/mol. The molecule has 1 N–H and O–H groups in total. The zero-order chi connectivity index (χ0) is 13.5. The summed E-state index contributed by atoms with van der Waals surface area (Å²) in [6, 6.07) is 5.87. The van der Waals surface area contributed by atoms with Gasteiger partial charge < -0.3 is 10.1 Å². The van der Waals surface area contributed by atoms with Crippen molar-refractivity contribution in [2.45, 2.75) is 44.6 Å². The van der Waals surface area contributed by atoms with Crippen LogP contribution in [0.4, 0.5) is 0 Å². The molecule has 2 aliphatic rings. The Balaban J connectivity index is 1.88. The Hall–Kier alpha value is -1.35. The largest absolute Gasteiger partial charge is 0.492 e. The van der Waals surface area contributed by atoms with Gasteiger partial charge in [0.05, 0.1) is 12.6 Å². The van der Waals surface area contributed by atoms with E-state index in [0.717, 1.165) is 36.3 Å². The van der Waals surface area contributed by atoms with Crippen LogP contribution < -0.4 is 10.1 Å². The summed E-state index contributed by atoms with van der Waals surface area (Å²) >= 11 is 0. The molecule has 1 aromatic rings. The molecule has 0 saturated carbocycles. The van der Waals surface area contributed by atoms with E-state index in [0.29, 0.717) is 6.61 Å². The summed E-state index contributed by atoms with van der Waals surface area (Å²) in [5, 5.41) is 3.32. The molecule has 1 atom stereocenters. The number of benzene rings is 1. The first-order valence-electron chi connectivity index (χ1n) is 7.13. The van der Waals surface area contributed by atoms with Crippen LogP contribution in [0.15, 0.2) is 18.2 Å². The number of piperidine rings is 1. The van der Waals surface area contributed by atoms with Crippen molar-refractivity contribution in [2.75, 3.05) is 13.2 Å². The molecule has 0 amide bonds. The van der Waals surface area contributed by atoms with Gasteiger partial charge in [-0.2, -0.15) is 0 Å². The van der Waals surface area contributed by atoms with Crippen LogP contribution in [0.25, 0.3) is 0 Å². The van der Waals surface area contributed by atoms with Crippen molar-refractivity contribution in [2.24, 2.45) is 0 Å². The highest BCUT2D eigenvalue weighted by molar-refractivity contribution is 6.00. The lowest BCUT2D eigenvalue weighted by molar-refractivity contribution is 0.0927. The van der Waals surface area contributed by atoms with Gasteiger partial charge in [0.25, 0.3) is 0 Å². The molecule has 0 bridgehead atoms. The Morgan fingerprint density at radius 1 is 1.37 bits per heavy atom. The number of fused-ring (bicyclic) bond motifs is 1. The number of ether oxygens (including phenoxy) is 1. The van der Waals surface area contributed by atoms with Crippen LogP contribution in [0.2, 0.25) is 0 Å². The highest BCUT2D eigenvalue weighted by Gasteiger charge is 2.33. The second-order valence-electron chi connectivity index (χ2n) is 6.25. The van der Waals surface area contributed by atoms with E-state index < -0.39 is 0 Å². The summed E-state index contributed by atoms with van der Waals surface area (Å²) in [6.07, 6.45) is 3.27. The lowest BCUT2D eigenvalue weighted by atomic mass is 9.85. The number of ketones is 1. The van der Waals surface area contributed by atoms with E-state index in [1.54, 1.807) is 0 Å². The zero-order valence-electron chi connectivity index (χ0n) is 11.7. The molecule has 1 saturated heterocycles. The third kappa shape index (κ3) is 2.27. The molecule has 2 aliphatic heterocycles. The maximum Gasteiger partial charge on any atom is 0.179 e. The van der Waals surface area contributed by atoms with Crippen molar-refractivity contribution < 1.29 is 9.53 Å². The molecule has 3 heteroatoms. The van der Waals surface area contributed by atoms with Crippen molar-refractivity contribution in [1.82, 2.24) is 5.32 Å². The van der Waals surface area contributed by atoms with Gasteiger partial charge in [0.2, 0.25) is 0 Å². The van der Waals surface area contributed by atoms with E-state index in [1.807, 2.05) is 18.2 Å². The van der Waals surface area contributed by atoms with Gasteiger partial charge in [-0.15, -0.1) is 0 Å². The van der Waals surface area contributed by atoms with Gasteiger partial charge in [-0.1, -0.05) is 20.3 Å². The van der Waals surface area contributed by atoms with Crippen LogP contribution in [0.1, 0.15) is 49.0 Å². The highest BCUT2D eigenvalue weighted by Crippen LogP contribution is 2.38. The molecule has 0 spiro atoms. The van der Waals surface area contributed by atoms with E-state index in [1.165, 1.54) is 6.42 Å². The number of hydrogen-bond donors (Lipinski definition) is 1. The fourth-order valence-corrected chi connectivity index (χ4v) is 2.95. The normalized spacial score (nSPS) is 24.6. The number of Topliss-reactive ketones (excluding diaryl/α,β-unsaturated/α-hetero) is 1. The number of hydrogen-bond acceptors (Lipinski definition) is 3. The summed E-state index contributed by atoms with van der Waals surface area (Å²) in [4.78, 5) is 12.5. The maximum absolute atomic E-state index is 12.5. The smallest absolute Gasteiger partial charge is 0.179 e. The van der Waals surface area contributed by atoms with Crippen LogP contribution in [0.5, 0.6) is 5.75 Å². The lowest BCUT2D eigenvalue weighted by Gasteiger charge is -2.23. The van der Waals surface area contributed by atoms with Gasteiger partial charge in [-0.3, -0.25) is 4.79 Å². The molecule has 0 radical (unpaired) electrons. The molecule has 1 fully saturated rings. The van der Waals surface area contributed by atoms with E-state index >= 15 is 0 Å². The Kier molecular flexibility index (Phi) is 3.09. The number of carbonyl (C=O) groups excluding carboxylic acids is 1. The van der Waals surface area contributed by atoms with Crippen LogP contribution in [-0.4, -0.2) is 25.0 Å². The van der Waals surface area contributed by atoms with Crippen molar-refractivity contribution in [1.29, 1.82) is 0 Å². The van der Waals surface area contributed by atoms with Gasteiger partial charge in [0.1, 0.15) is 5.75 Å². The maximum atomic E-state index is 12.5. The fraction of sp³-hybridized carbons (Fsp3) is 0.562. The molecular formula is C16H21NO2. The van der Waals surface area contributed by atoms with Crippen molar-refractivity contribution in [3.63, 3.8) is 0 Å². The zero-order valence-corrected chi connectivity index (χ0v) is 11.7. The third-order valence-corrected chi connectivity index (χ3v) is 4.21. The van der Waals surface area contributed by atoms with Crippen LogP contribution in [0.3, 0.4) is 0 Å². The van der Waals surface area contributed by atoms with Gasteiger partial charge in [0.15, 0.2) is 5.78 Å². The van der Waals surface area contributed by atoms with Crippen molar-refractivity contribution in [3.05, 3.63) is 29.3 Å². The lowest BCUT2D eigenvalue weighted by Crippen LogP contribution is -2.40. The second-order valence-corrected chi connectivity index (χ2v) is 6.25. The molecule has 2 heterocycles. The summed E-state index contributed by atoms with van der Waals surface area (Å²) in [7, 11) is 0. The molecule has 102 valence electrons. The van der Waals surface area contributed by atoms with Gasteiger partial charge in [-0.25, -0.2) is 0 Å². The van der Waals surface area contributed by atoms with E-state index in [4.69, 9.17) is 4.74 Å². The van der Waals surface area contributed by atoms with E-state index in [9.17, 15) is 4.79 Å². The van der Waals surface area contributed by atoms with Gasteiger partial charge in [-0.05, 0) is 37.6 Å². The Morgan fingerprint density at radius 3 is 2.95 bits per heavy atom. The van der Waals surface area contributed by atoms with Crippen molar-refractivity contribution >= 4 is 5.78 Å². The Morgan fingerprint density at radius 2 is 2.21 bits per heavy atom. The standard InChI is InChI=1S/C16H21NO2/c1-16(2)10-19-14-7-6-11(9-12(14)16)15(18)13-5-3-4-8-17-13/h6-7,9,13,17H,3-5,8,10H2,1-2H3. The number of carbonyl (C=O) groups is 1. The highest BCUT2D eigenvalue weighted by atomic mass is 16.5. The van der Waals surface area contributed by atoms with Crippen LogP contribution in [0, 0.1) is 0 Å². The Labute approximate surface area is 114 Å². The SMILES string of the molecule is CC1(C)COc2ccc(C(=O)C3CCCCN3)cc21. The minimum atomic E-state index is -0.00256. The first-order valence-corrected chi connectivity index (χ1v) is 7.13. The molecular weight excluding hydrogens is 238 g/mol. The summed E-state index contributed by atoms with van der Waals surface area (Å²) in [5.41, 5.74) is 1.98. The van der Waals surface area contributed by atoms with E-state index in [2.05, 4.69) is 19.2 Å². The summed E-state index contributed by atoms with van der Waals surface area (Å²) in [5.74, 6) is 1.16. The van der Waals surface area contributed by atoms with Crippen LogP contribution in [-0.2, 0) is 5.41 Å². The molecule has 3 nitrogen and oxygen atoms in total. The van der Waals surface area contributed by atoms with Crippen LogP contribution >= 0.6 is 0 Å². The first kappa shape index (κ1) is 12.7. The predicted octanol–water partition coefficient (Wildman–Crippen LogP) is 2.68. The quantitative estimate of drug-likeness (QED) is 0.830. The topological polar surface area (TPSA) is 38.3 Å². The minimum absolute atomic E-state index is 0.00256. The monoisotopic (exact) mass is 259 g/mol. The Bertz CT molecular complexity index is 501. The summed E-state index contributed by atoms with van der Waals surface area (Å²) in [6.45, 7) is 5.97. The average Bonchev–Trinajstić information content (AvgIpc) is 2.74. The van der Waals surface area contributed by atoms with Crippen molar-refractivity contribution in [3.8, 4) is 5.75 Å². The second kappa shape index (κ2) is 4.64. The number of rotatable bonds is 2. The minimum Gasteiger partial charge on any atom is -0.492 e. The van der Waals surface area contributed by atoms with E-state index in [-0.39, 0.29) is 17.2 Å². The third-order valence-electron chi connectivity index (χ3n) is 4.21. The number of nitrogens with one attached hydrogen (secondary N) is 1. The fourth-order valence-electron chi connectivity index (χ4n) is 2.95. The molecule has 3 rings (SSSR count). The molecule has 0 aliphatic carbocycles. The predicted molar refractivity (Wildman–Crippen MR) is 74.9 cm³/mol. The molecule has 1 aromatic carbocycles. The van der Waals surface area contributed by atoms with Gasteiger partial charge >= 0.3 is 0 Å². The molecule has 19 heavy (non-hydrogen) atoms. The molecule has 1 unspecified atom stereocenters. The molecule has 0 aromatic heterocycles. The first-order chi connectivity index (χ1) is 9.08.